The second kappa shape index (κ2) is 28.0. The zero-order chi connectivity index (χ0) is 31.5. The van der Waals surface area contributed by atoms with E-state index in [1.54, 1.807) is 7.11 Å². The smallest absolute Gasteiger partial charge is 0.223 e. The first-order valence-electron chi connectivity index (χ1n) is 15.1. The summed E-state index contributed by atoms with van der Waals surface area (Å²) in [5.41, 5.74) is 8.92. The Bertz CT molecular complexity index is 892. The van der Waals surface area contributed by atoms with E-state index in [1.165, 1.54) is 17.5 Å². The molecule has 3 atom stereocenters. The van der Waals surface area contributed by atoms with Crippen LogP contribution in [0.15, 0.2) is 70.8 Å². The molecule has 0 fully saturated rings. The van der Waals surface area contributed by atoms with Gasteiger partial charge in [-0.05, 0) is 42.0 Å². The number of nitrogens with two attached hydrogens (primary N) is 1. The molecular weight excluding hydrogens is 578 g/mol. The van der Waals surface area contributed by atoms with Gasteiger partial charge >= 0.3 is 0 Å². The number of halogens is 1. The number of aliphatic hydroxyl groups is 1. The van der Waals surface area contributed by atoms with Crippen LogP contribution in [0, 0.1) is 11.8 Å². The molecule has 2 rings (SSSR count). The van der Waals surface area contributed by atoms with Crippen LogP contribution in [0.2, 0.25) is 0 Å². The van der Waals surface area contributed by atoms with Crippen LogP contribution in [0.5, 0.6) is 0 Å². The molecule has 0 spiro atoms. The summed E-state index contributed by atoms with van der Waals surface area (Å²) in [6.45, 7) is 16.5. The number of aliphatic hydroxyl groups excluding tert-OH is 1. The van der Waals surface area contributed by atoms with Gasteiger partial charge in [0.2, 0.25) is 5.91 Å². The molecule has 0 radical (unpaired) electrons. The maximum Gasteiger partial charge on any atom is 0.223 e. The standard InChI is InChI=1S/C21H35N3O2.C8H9BrO.C3H8.C2H6/c1-4-9-18(23-14-17-10-7-6-8-11-17)15-24-21(26)20(16(3)5-2)12-19(25)13-22;1-10-6-7-2-4-8(9)5-3-7;1-3-2;1-2/h6-11,16,19-20,23,25H,4-5,12-15,22H2,1-3H3,(H,24,26);2-5H,6H2,1H3;3H2,1-2H3;1-2H3/b18-9+;;;. The summed E-state index contributed by atoms with van der Waals surface area (Å²) in [5.74, 6) is -0.0435. The monoisotopic (exact) mass is 635 g/mol. The highest BCUT2D eigenvalue weighted by atomic mass is 79.9. The lowest BCUT2D eigenvalue weighted by Gasteiger charge is -2.24. The summed E-state index contributed by atoms with van der Waals surface area (Å²) in [6, 6.07) is 18.3. The van der Waals surface area contributed by atoms with Crippen LogP contribution in [0.4, 0.5) is 0 Å². The number of carbonyl (C=O) groups excluding carboxylic acids is 1. The Hall–Kier alpha value is -2.19. The minimum absolute atomic E-state index is 0.0182. The summed E-state index contributed by atoms with van der Waals surface area (Å²) in [4.78, 5) is 12.7. The molecular formula is C34H58BrN3O3. The van der Waals surface area contributed by atoms with Gasteiger partial charge in [-0.15, -0.1) is 0 Å². The highest BCUT2D eigenvalue weighted by Gasteiger charge is 2.26. The van der Waals surface area contributed by atoms with Crippen molar-refractivity contribution in [1.29, 1.82) is 0 Å². The van der Waals surface area contributed by atoms with Crippen molar-refractivity contribution in [3.05, 3.63) is 82.0 Å². The molecule has 7 heteroatoms. The molecule has 0 saturated heterocycles. The maximum absolute atomic E-state index is 12.7. The van der Waals surface area contributed by atoms with E-state index in [9.17, 15) is 9.90 Å². The fraction of sp³-hybridized carbons (Fsp3) is 0.559. The summed E-state index contributed by atoms with van der Waals surface area (Å²) in [6.07, 6.45) is 4.90. The third-order valence-electron chi connectivity index (χ3n) is 5.96. The Morgan fingerprint density at radius 2 is 1.59 bits per heavy atom. The topological polar surface area (TPSA) is 96.6 Å². The SMILES string of the molecule is CC.CC/C=C(\CNC(=O)C(CC(O)CN)C(C)CC)NCc1ccccc1.CCC.COCc1ccc(Br)cc1. The molecule has 0 bridgehead atoms. The van der Waals surface area contributed by atoms with Gasteiger partial charge in [0.25, 0.3) is 0 Å². The Morgan fingerprint density at radius 3 is 2.07 bits per heavy atom. The third-order valence-corrected chi connectivity index (χ3v) is 6.48. The summed E-state index contributed by atoms with van der Waals surface area (Å²) in [5, 5.41) is 16.3. The Labute approximate surface area is 259 Å². The largest absolute Gasteiger partial charge is 0.392 e. The molecule has 0 aliphatic rings. The van der Waals surface area contributed by atoms with Crippen molar-refractivity contribution in [2.75, 3.05) is 20.2 Å². The first-order chi connectivity index (χ1) is 19.8. The molecule has 41 heavy (non-hydrogen) atoms. The molecule has 0 aliphatic carbocycles. The Balaban J connectivity index is 0. The van der Waals surface area contributed by atoms with Gasteiger partial charge in [-0.25, -0.2) is 0 Å². The number of methoxy groups -OCH3 is 1. The number of hydrogen-bond donors (Lipinski definition) is 4. The van der Waals surface area contributed by atoms with E-state index in [1.807, 2.05) is 63.2 Å². The lowest BCUT2D eigenvalue weighted by Crippen LogP contribution is -2.39. The maximum atomic E-state index is 12.7. The molecule has 1 amide bonds. The fourth-order valence-electron chi connectivity index (χ4n) is 3.60. The lowest BCUT2D eigenvalue weighted by atomic mass is 9.86. The van der Waals surface area contributed by atoms with E-state index in [2.05, 4.69) is 72.5 Å². The minimum Gasteiger partial charge on any atom is -0.392 e. The van der Waals surface area contributed by atoms with Gasteiger partial charge in [0.15, 0.2) is 0 Å². The summed E-state index contributed by atoms with van der Waals surface area (Å²) < 4.78 is 6.06. The molecule has 5 N–H and O–H groups in total. The van der Waals surface area contributed by atoms with Crippen LogP contribution in [0.25, 0.3) is 0 Å². The van der Waals surface area contributed by atoms with Crippen LogP contribution in [0.1, 0.15) is 85.3 Å². The Kier molecular flexibility index (Phi) is 27.9. The van der Waals surface area contributed by atoms with Crippen molar-refractivity contribution < 1.29 is 14.6 Å². The molecule has 3 unspecified atom stereocenters. The van der Waals surface area contributed by atoms with Crippen LogP contribution in [0.3, 0.4) is 0 Å². The van der Waals surface area contributed by atoms with E-state index in [-0.39, 0.29) is 24.3 Å². The molecule has 0 saturated carbocycles. The highest BCUT2D eigenvalue weighted by Crippen LogP contribution is 2.21. The second-order valence-corrected chi connectivity index (χ2v) is 10.5. The van der Waals surface area contributed by atoms with Crippen molar-refractivity contribution in [3.63, 3.8) is 0 Å². The number of allylic oxidation sites excluding steroid dienone is 1. The summed E-state index contributed by atoms with van der Waals surface area (Å²) in [7, 11) is 1.70. The first kappa shape index (κ1) is 40.9. The number of nitrogens with one attached hydrogen (secondary N) is 2. The van der Waals surface area contributed by atoms with E-state index >= 15 is 0 Å². The van der Waals surface area contributed by atoms with E-state index in [0.29, 0.717) is 19.6 Å². The number of carbonyl (C=O) groups is 1. The van der Waals surface area contributed by atoms with Crippen molar-refractivity contribution in [1.82, 2.24) is 10.6 Å². The van der Waals surface area contributed by atoms with E-state index < -0.39 is 6.10 Å². The lowest BCUT2D eigenvalue weighted by molar-refractivity contribution is -0.127. The molecule has 0 heterocycles. The van der Waals surface area contributed by atoms with Gasteiger partial charge in [0, 0.05) is 36.3 Å². The normalized spacial score (nSPS) is 12.6. The zero-order valence-corrected chi connectivity index (χ0v) is 28.5. The average molecular weight is 637 g/mol. The average Bonchev–Trinajstić information content (AvgIpc) is 3.00. The van der Waals surface area contributed by atoms with E-state index in [4.69, 9.17) is 10.5 Å². The number of hydrogen-bond acceptors (Lipinski definition) is 5. The quantitative estimate of drug-likeness (QED) is 0.171. The predicted octanol–water partition coefficient (Wildman–Crippen LogP) is 7.60. The molecule has 2 aromatic carbocycles. The van der Waals surface area contributed by atoms with Gasteiger partial charge in [-0.2, -0.15) is 0 Å². The van der Waals surface area contributed by atoms with Gasteiger partial charge < -0.3 is 26.2 Å². The number of rotatable bonds is 14. The fourth-order valence-corrected chi connectivity index (χ4v) is 3.86. The molecule has 0 aromatic heterocycles. The third kappa shape index (κ3) is 21.2. The van der Waals surface area contributed by atoms with Crippen molar-refractivity contribution in [2.45, 2.75) is 93.4 Å². The van der Waals surface area contributed by atoms with Crippen LogP contribution < -0.4 is 16.4 Å². The highest BCUT2D eigenvalue weighted by molar-refractivity contribution is 9.10. The van der Waals surface area contributed by atoms with Gasteiger partial charge in [-0.1, -0.05) is 126 Å². The van der Waals surface area contributed by atoms with Crippen LogP contribution >= 0.6 is 15.9 Å². The van der Waals surface area contributed by atoms with Gasteiger partial charge in [-0.3, -0.25) is 4.79 Å². The molecule has 2 aromatic rings. The first-order valence-corrected chi connectivity index (χ1v) is 15.9. The molecule has 0 aliphatic heterocycles. The van der Waals surface area contributed by atoms with Crippen LogP contribution in [-0.4, -0.2) is 37.3 Å². The molecule has 234 valence electrons. The van der Waals surface area contributed by atoms with Gasteiger partial charge in [0.05, 0.1) is 19.3 Å². The van der Waals surface area contributed by atoms with Gasteiger partial charge in [0.1, 0.15) is 0 Å². The molecule has 6 nitrogen and oxygen atoms in total. The number of amides is 1. The van der Waals surface area contributed by atoms with E-state index in [0.717, 1.165) is 29.6 Å². The predicted molar refractivity (Wildman–Crippen MR) is 179 cm³/mol. The van der Waals surface area contributed by atoms with Crippen LogP contribution in [-0.2, 0) is 22.7 Å². The van der Waals surface area contributed by atoms with Crippen molar-refractivity contribution >= 4 is 21.8 Å². The number of ether oxygens (including phenoxy) is 1. The Morgan fingerprint density at radius 1 is 1.00 bits per heavy atom. The second-order valence-electron chi connectivity index (χ2n) is 9.58. The number of benzene rings is 2. The van der Waals surface area contributed by atoms with Crippen molar-refractivity contribution in [3.8, 4) is 0 Å². The van der Waals surface area contributed by atoms with Crippen molar-refractivity contribution in [2.24, 2.45) is 17.6 Å². The summed E-state index contributed by atoms with van der Waals surface area (Å²) >= 11 is 3.36. The minimum atomic E-state index is -0.637. The zero-order valence-electron chi connectivity index (χ0n) is 26.9.